The number of hydrogen-bond acceptors (Lipinski definition) is 3. The number of non-ortho nitro benzene ring substituents is 1. The van der Waals surface area contributed by atoms with E-state index >= 15 is 0 Å². The Labute approximate surface area is 92.9 Å². The van der Waals surface area contributed by atoms with Crippen molar-refractivity contribution in [3.05, 3.63) is 39.9 Å². The lowest BCUT2D eigenvalue weighted by Gasteiger charge is -2.05. The number of carbonyl (C=O) groups is 1. The van der Waals surface area contributed by atoms with Gasteiger partial charge in [-0.1, -0.05) is 0 Å². The van der Waals surface area contributed by atoms with Crippen LogP contribution >= 0.6 is 0 Å². The fourth-order valence-electron chi connectivity index (χ4n) is 0.963. The van der Waals surface area contributed by atoms with Gasteiger partial charge in [0, 0.05) is 25.4 Å². The van der Waals surface area contributed by atoms with Gasteiger partial charge in [-0.3, -0.25) is 14.9 Å². The first-order valence-corrected chi connectivity index (χ1v) is 3.91. The van der Waals surface area contributed by atoms with Crippen molar-refractivity contribution in [3.63, 3.8) is 0 Å². The standard InChI is InChI=1S/C10H10FNO3/c1-7(13)6-10(11)8-2-4-9(5-3-8)12(14)15/h2-5,10H,6H2,1H3/i1+2D3,6D2. The molecule has 0 bridgehead atoms. The van der Waals surface area contributed by atoms with Crippen LogP contribution in [0.3, 0.4) is 0 Å². The van der Waals surface area contributed by atoms with Gasteiger partial charge in [0.15, 0.2) is 0 Å². The molecule has 0 aliphatic heterocycles. The SMILES string of the molecule is [2H]C([2H])(C(=O)[14C]([2H])([2H])[2H])C(F)c1ccc([N+](=O)[O-])cc1. The summed E-state index contributed by atoms with van der Waals surface area (Å²) in [5.41, 5.74) is -0.679. The van der Waals surface area contributed by atoms with Crippen molar-refractivity contribution in [3.8, 4) is 0 Å². The molecule has 0 saturated heterocycles. The van der Waals surface area contributed by atoms with Crippen LogP contribution in [0.4, 0.5) is 10.1 Å². The number of alkyl halides is 1. The molecule has 5 heteroatoms. The molecule has 15 heavy (non-hydrogen) atoms. The second-order valence-electron chi connectivity index (χ2n) is 2.68. The Bertz CT molecular complexity index is 529. The summed E-state index contributed by atoms with van der Waals surface area (Å²) < 4.78 is 49.1. The smallest absolute Gasteiger partial charge is 0.269 e. The summed E-state index contributed by atoms with van der Waals surface area (Å²) in [4.78, 5) is 21.1. The van der Waals surface area contributed by atoms with E-state index in [9.17, 15) is 19.3 Å². The third kappa shape index (κ3) is 3.12. The third-order valence-corrected chi connectivity index (χ3v) is 1.65. The Balaban J connectivity index is 3.07. The van der Waals surface area contributed by atoms with Crippen LogP contribution in [0.5, 0.6) is 0 Å². The normalized spacial score (nSPS) is 18.9. The van der Waals surface area contributed by atoms with E-state index in [2.05, 4.69) is 0 Å². The first-order chi connectivity index (χ1) is 8.98. The van der Waals surface area contributed by atoms with Crippen molar-refractivity contribution in [1.82, 2.24) is 0 Å². The van der Waals surface area contributed by atoms with E-state index in [1.807, 2.05) is 0 Å². The van der Waals surface area contributed by atoms with Crippen LogP contribution in [0.1, 0.15) is 31.8 Å². The monoisotopic (exact) mass is 218 g/mol. The molecule has 1 rings (SSSR count). The number of halogens is 1. The summed E-state index contributed by atoms with van der Waals surface area (Å²) in [5, 5.41) is 10.4. The number of nitro groups is 1. The van der Waals surface area contributed by atoms with Crippen molar-refractivity contribution in [2.45, 2.75) is 19.4 Å². The van der Waals surface area contributed by atoms with Gasteiger partial charge in [0.1, 0.15) is 12.0 Å². The van der Waals surface area contributed by atoms with E-state index in [1.165, 1.54) is 0 Å². The lowest BCUT2D eigenvalue weighted by Crippen LogP contribution is -1.99. The minimum Gasteiger partial charge on any atom is -0.300 e. The Morgan fingerprint density at radius 3 is 2.73 bits per heavy atom. The Kier molecular flexibility index (Phi) is 1.84. The van der Waals surface area contributed by atoms with Crippen LogP contribution in [0, 0.1) is 10.1 Å². The molecule has 1 aromatic carbocycles. The molecule has 0 amide bonds. The van der Waals surface area contributed by atoms with E-state index in [-0.39, 0.29) is 11.3 Å². The average molecular weight is 218 g/mol. The van der Waals surface area contributed by atoms with Crippen LogP contribution in [-0.4, -0.2) is 10.7 Å². The van der Waals surface area contributed by atoms with Crippen molar-refractivity contribution in [2.24, 2.45) is 0 Å². The molecule has 0 spiro atoms. The topological polar surface area (TPSA) is 60.2 Å². The van der Waals surface area contributed by atoms with Gasteiger partial charge in [0.25, 0.3) is 5.69 Å². The van der Waals surface area contributed by atoms with E-state index in [0.717, 1.165) is 24.3 Å². The van der Waals surface area contributed by atoms with Crippen LogP contribution in [0.15, 0.2) is 24.3 Å². The van der Waals surface area contributed by atoms with Crippen LogP contribution in [0.25, 0.3) is 0 Å². The van der Waals surface area contributed by atoms with Crippen LogP contribution in [0.2, 0.25) is 0 Å². The molecule has 0 aromatic heterocycles. The first-order valence-electron chi connectivity index (χ1n) is 6.41. The Morgan fingerprint density at radius 2 is 2.27 bits per heavy atom. The lowest BCUT2D eigenvalue weighted by molar-refractivity contribution is -0.384. The number of benzene rings is 1. The molecule has 0 heterocycles. The van der Waals surface area contributed by atoms with E-state index in [1.54, 1.807) is 0 Å². The van der Waals surface area contributed by atoms with Gasteiger partial charge in [-0.05, 0) is 24.5 Å². The fraction of sp³-hybridized carbons (Fsp3) is 0.300. The van der Waals surface area contributed by atoms with Crippen LogP contribution < -0.4 is 0 Å². The maximum Gasteiger partial charge on any atom is 0.269 e. The number of nitrogens with zero attached hydrogens (tertiary/aromatic N) is 1. The Morgan fingerprint density at radius 1 is 1.67 bits per heavy atom. The second kappa shape index (κ2) is 4.63. The quantitative estimate of drug-likeness (QED) is 0.576. The van der Waals surface area contributed by atoms with Gasteiger partial charge >= 0.3 is 0 Å². The molecule has 0 aliphatic rings. The summed E-state index contributed by atoms with van der Waals surface area (Å²) in [7, 11) is 0. The molecule has 0 N–H and O–H groups in total. The lowest BCUT2D eigenvalue weighted by atomic mass is 10.1. The predicted molar refractivity (Wildman–Crippen MR) is 52.2 cm³/mol. The average Bonchev–Trinajstić information content (AvgIpc) is 2.35. The number of hydrogen-bond donors (Lipinski definition) is 0. The van der Waals surface area contributed by atoms with Crippen LogP contribution in [-0.2, 0) is 4.79 Å². The molecular weight excluding hydrogens is 203 g/mol. The molecule has 0 fully saturated rings. The van der Waals surface area contributed by atoms with Crippen molar-refractivity contribution < 1.29 is 21.0 Å². The molecule has 1 unspecified atom stereocenters. The molecule has 1 atom stereocenters. The predicted octanol–water partition coefficient (Wildman–Crippen LogP) is 2.58. The van der Waals surface area contributed by atoms with Crippen molar-refractivity contribution in [1.29, 1.82) is 0 Å². The summed E-state index contributed by atoms with van der Waals surface area (Å²) in [5.74, 6) is -1.85. The van der Waals surface area contributed by atoms with Gasteiger partial charge in [-0.2, -0.15) is 0 Å². The number of carbonyl (C=O) groups excluding carboxylic acids is 1. The van der Waals surface area contributed by atoms with Gasteiger partial charge in [-0.25, -0.2) is 4.39 Å². The van der Waals surface area contributed by atoms with Gasteiger partial charge in [0.2, 0.25) is 0 Å². The number of Topliss-reactive ketones (excluding diaryl/α,β-unsaturated/α-hetero) is 1. The summed E-state index contributed by atoms with van der Waals surface area (Å²) in [6, 6.07) is 3.76. The molecule has 0 radical (unpaired) electrons. The number of nitro benzene ring substituents is 1. The van der Waals surface area contributed by atoms with E-state index in [4.69, 9.17) is 6.85 Å². The minimum absolute atomic E-state index is 0.330. The fourth-order valence-corrected chi connectivity index (χ4v) is 0.963. The molecule has 4 nitrogen and oxygen atoms in total. The van der Waals surface area contributed by atoms with E-state index < -0.39 is 30.1 Å². The highest BCUT2D eigenvalue weighted by atomic mass is 19.1. The minimum atomic E-state index is -3.27. The second-order valence-corrected chi connectivity index (χ2v) is 2.68. The number of ketones is 1. The largest absolute Gasteiger partial charge is 0.300 e. The molecule has 0 aliphatic carbocycles. The molecular formula is C10H10FNO3. The van der Waals surface area contributed by atoms with Crippen molar-refractivity contribution in [2.75, 3.05) is 0 Å². The van der Waals surface area contributed by atoms with Gasteiger partial charge in [0.05, 0.1) is 4.92 Å². The summed E-state index contributed by atoms with van der Waals surface area (Å²) in [6.45, 7) is -3.27. The molecule has 1 aromatic rings. The number of rotatable bonds is 4. The Hall–Kier alpha value is -1.78. The zero-order valence-electron chi connectivity index (χ0n) is 12.4. The highest BCUT2D eigenvalue weighted by Gasteiger charge is 2.13. The summed E-state index contributed by atoms with van der Waals surface area (Å²) in [6.07, 6.45) is -5.78. The van der Waals surface area contributed by atoms with Gasteiger partial charge in [-0.15, -0.1) is 0 Å². The maximum absolute atomic E-state index is 14.0. The van der Waals surface area contributed by atoms with E-state index in [0.29, 0.717) is 0 Å². The summed E-state index contributed by atoms with van der Waals surface area (Å²) >= 11 is 0. The zero-order chi connectivity index (χ0) is 15.7. The zero-order valence-corrected chi connectivity index (χ0v) is 7.44. The van der Waals surface area contributed by atoms with Gasteiger partial charge < -0.3 is 0 Å². The highest BCUT2D eigenvalue weighted by molar-refractivity contribution is 5.76. The molecule has 0 saturated carbocycles. The maximum atomic E-state index is 14.0. The first kappa shape index (κ1) is 5.95. The van der Waals surface area contributed by atoms with Crippen molar-refractivity contribution >= 4 is 11.5 Å². The third-order valence-electron chi connectivity index (χ3n) is 1.65. The molecule has 80 valence electrons. The highest BCUT2D eigenvalue weighted by Crippen LogP contribution is 2.23.